The third kappa shape index (κ3) is 0.783. The van der Waals surface area contributed by atoms with Gasteiger partial charge in [0.05, 0.1) is 6.10 Å². The Kier molecular flexibility index (Phi) is 1.39. The van der Waals surface area contributed by atoms with Crippen molar-refractivity contribution in [2.24, 2.45) is 17.3 Å². The van der Waals surface area contributed by atoms with Crippen LogP contribution in [0, 0.1) is 17.3 Å². The molecule has 0 aromatic carbocycles. The van der Waals surface area contributed by atoms with Gasteiger partial charge in [0.2, 0.25) is 0 Å². The van der Waals surface area contributed by atoms with Crippen LogP contribution in [0.4, 0.5) is 0 Å². The van der Waals surface area contributed by atoms with E-state index in [-0.39, 0.29) is 6.10 Å². The molecule has 1 N–H and O–H groups in total. The minimum absolute atomic E-state index is 0.0399. The Balaban J connectivity index is 1.91. The smallest absolute Gasteiger partial charge is 0.0545 e. The van der Waals surface area contributed by atoms with Crippen molar-refractivity contribution in [3.8, 4) is 0 Å². The van der Waals surface area contributed by atoms with Crippen LogP contribution in [-0.2, 0) is 0 Å². The van der Waals surface area contributed by atoms with E-state index in [1.807, 2.05) is 0 Å². The Hall–Kier alpha value is -0.0400. The molecule has 2 bridgehead atoms. The molecule has 0 saturated heterocycles. The van der Waals surface area contributed by atoms with Gasteiger partial charge in [-0.1, -0.05) is 0 Å². The first kappa shape index (κ1) is 7.37. The van der Waals surface area contributed by atoms with Gasteiger partial charge in [0.15, 0.2) is 0 Å². The molecule has 3 aliphatic rings. The molecule has 3 saturated carbocycles. The average molecular weight is 166 g/mol. The highest BCUT2D eigenvalue weighted by atomic mass is 16.3. The third-order valence-corrected chi connectivity index (χ3v) is 4.83. The predicted octanol–water partition coefficient (Wildman–Crippen LogP) is 2.34. The fourth-order valence-electron chi connectivity index (χ4n) is 4.33. The largest absolute Gasteiger partial charge is 0.393 e. The minimum Gasteiger partial charge on any atom is -0.393 e. The molecule has 3 aliphatic carbocycles. The molecule has 0 heterocycles. The normalized spacial score (nSPS) is 57.2. The Morgan fingerprint density at radius 3 is 2.50 bits per heavy atom. The van der Waals surface area contributed by atoms with Crippen LogP contribution in [0.15, 0.2) is 0 Å². The molecular weight excluding hydrogens is 148 g/mol. The van der Waals surface area contributed by atoms with Crippen LogP contribution in [0.5, 0.6) is 0 Å². The van der Waals surface area contributed by atoms with Gasteiger partial charge in [-0.3, -0.25) is 0 Å². The van der Waals surface area contributed by atoms with E-state index < -0.39 is 0 Å². The molecule has 3 fully saturated rings. The number of aliphatic hydroxyl groups is 1. The van der Waals surface area contributed by atoms with Gasteiger partial charge in [0.1, 0.15) is 0 Å². The lowest BCUT2D eigenvalue weighted by molar-refractivity contribution is 0.0268. The van der Waals surface area contributed by atoms with Gasteiger partial charge >= 0.3 is 0 Å². The van der Waals surface area contributed by atoms with Gasteiger partial charge in [-0.15, -0.1) is 0 Å². The van der Waals surface area contributed by atoms with Crippen molar-refractivity contribution in [1.29, 1.82) is 0 Å². The summed E-state index contributed by atoms with van der Waals surface area (Å²) in [7, 11) is 0. The van der Waals surface area contributed by atoms with Crippen molar-refractivity contribution in [2.75, 3.05) is 0 Å². The zero-order chi connectivity index (χ0) is 8.18. The third-order valence-electron chi connectivity index (χ3n) is 4.83. The molecule has 3 rings (SSSR count). The van der Waals surface area contributed by atoms with Crippen LogP contribution in [0.3, 0.4) is 0 Å². The fourth-order valence-corrected chi connectivity index (χ4v) is 4.33. The van der Waals surface area contributed by atoms with Crippen LogP contribution in [0.25, 0.3) is 0 Å². The first-order chi connectivity index (χ1) is 5.80. The molecule has 0 spiro atoms. The summed E-state index contributed by atoms with van der Waals surface area (Å²) >= 11 is 0. The predicted molar refractivity (Wildman–Crippen MR) is 47.7 cm³/mol. The summed E-state index contributed by atoms with van der Waals surface area (Å²) < 4.78 is 0. The summed E-state index contributed by atoms with van der Waals surface area (Å²) in [6.45, 7) is 0. The summed E-state index contributed by atoms with van der Waals surface area (Å²) in [6.07, 6.45) is 9.38. The molecule has 2 unspecified atom stereocenters. The van der Waals surface area contributed by atoms with E-state index in [0.717, 1.165) is 24.7 Å². The number of hydrogen-bond acceptors (Lipinski definition) is 1. The molecule has 1 heteroatoms. The molecular formula is C11H18O. The lowest BCUT2D eigenvalue weighted by Gasteiger charge is -2.38. The van der Waals surface area contributed by atoms with Gasteiger partial charge in [-0.2, -0.15) is 0 Å². The maximum atomic E-state index is 9.67. The van der Waals surface area contributed by atoms with Gasteiger partial charge in [-0.25, -0.2) is 0 Å². The second-order valence-corrected chi connectivity index (χ2v) is 5.24. The monoisotopic (exact) mass is 166 g/mol. The molecule has 0 aromatic rings. The molecule has 1 nitrogen and oxygen atoms in total. The molecule has 0 amide bonds. The quantitative estimate of drug-likeness (QED) is 0.585. The summed E-state index contributed by atoms with van der Waals surface area (Å²) in [5.41, 5.74) is 0.627. The lowest BCUT2D eigenvalue weighted by Crippen LogP contribution is -2.33. The SMILES string of the molecule is OC1CCC2C3CCC2(CC3)C1. The maximum Gasteiger partial charge on any atom is 0.0545 e. The van der Waals surface area contributed by atoms with Crippen molar-refractivity contribution < 1.29 is 5.11 Å². The van der Waals surface area contributed by atoms with Crippen molar-refractivity contribution in [2.45, 2.75) is 51.0 Å². The van der Waals surface area contributed by atoms with Crippen LogP contribution >= 0.6 is 0 Å². The van der Waals surface area contributed by atoms with E-state index in [4.69, 9.17) is 0 Å². The zero-order valence-electron chi connectivity index (χ0n) is 7.63. The van der Waals surface area contributed by atoms with Gasteiger partial charge < -0.3 is 5.11 Å². The molecule has 0 radical (unpaired) electrons. The molecule has 12 heavy (non-hydrogen) atoms. The van der Waals surface area contributed by atoms with Crippen molar-refractivity contribution in [1.82, 2.24) is 0 Å². The number of aliphatic hydroxyl groups excluding tert-OH is 1. The van der Waals surface area contributed by atoms with E-state index in [2.05, 4.69) is 0 Å². The van der Waals surface area contributed by atoms with E-state index in [0.29, 0.717) is 5.41 Å². The van der Waals surface area contributed by atoms with Crippen LogP contribution in [0.2, 0.25) is 0 Å². The van der Waals surface area contributed by atoms with Crippen LogP contribution < -0.4 is 0 Å². The van der Waals surface area contributed by atoms with Crippen molar-refractivity contribution >= 4 is 0 Å². The topological polar surface area (TPSA) is 20.2 Å². The maximum absolute atomic E-state index is 9.67. The zero-order valence-corrected chi connectivity index (χ0v) is 7.63. The Labute approximate surface area is 74.2 Å². The molecule has 0 aliphatic heterocycles. The fraction of sp³-hybridized carbons (Fsp3) is 1.00. The molecule has 2 atom stereocenters. The second-order valence-electron chi connectivity index (χ2n) is 5.24. The standard InChI is InChI=1S/C11H18O/c12-9-1-2-10-8-3-5-11(10,7-9)6-4-8/h8-10,12H,1-7H2. The highest BCUT2D eigenvalue weighted by Gasteiger charge is 2.55. The lowest BCUT2D eigenvalue weighted by atomic mass is 9.68. The molecule has 68 valence electrons. The summed E-state index contributed by atoms with van der Waals surface area (Å²) in [5.74, 6) is 2.07. The van der Waals surface area contributed by atoms with Gasteiger partial charge in [0.25, 0.3) is 0 Å². The van der Waals surface area contributed by atoms with Crippen molar-refractivity contribution in [3.05, 3.63) is 0 Å². The first-order valence-corrected chi connectivity index (χ1v) is 5.48. The van der Waals surface area contributed by atoms with E-state index >= 15 is 0 Å². The first-order valence-electron chi connectivity index (χ1n) is 5.48. The minimum atomic E-state index is 0.0399. The van der Waals surface area contributed by atoms with E-state index in [1.54, 1.807) is 0 Å². The highest BCUT2D eigenvalue weighted by Crippen LogP contribution is 2.64. The second kappa shape index (κ2) is 2.25. The van der Waals surface area contributed by atoms with Crippen molar-refractivity contribution in [3.63, 3.8) is 0 Å². The number of rotatable bonds is 0. The summed E-state index contributed by atoms with van der Waals surface area (Å²) in [6, 6.07) is 0. The Morgan fingerprint density at radius 1 is 1.00 bits per heavy atom. The van der Waals surface area contributed by atoms with Gasteiger partial charge in [0, 0.05) is 0 Å². The van der Waals surface area contributed by atoms with E-state index in [1.165, 1.54) is 32.1 Å². The average Bonchev–Trinajstić information content (AvgIpc) is 2.57. The van der Waals surface area contributed by atoms with Crippen LogP contribution in [0.1, 0.15) is 44.9 Å². The number of hydrogen-bond donors (Lipinski definition) is 1. The summed E-state index contributed by atoms with van der Waals surface area (Å²) in [4.78, 5) is 0. The Morgan fingerprint density at radius 2 is 1.75 bits per heavy atom. The molecule has 0 aromatic heterocycles. The van der Waals surface area contributed by atoms with E-state index in [9.17, 15) is 5.11 Å². The Bertz CT molecular complexity index is 191. The summed E-state index contributed by atoms with van der Waals surface area (Å²) in [5, 5.41) is 9.67. The van der Waals surface area contributed by atoms with Gasteiger partial charge in [-0.05, 0) is 62.2 Å². The van der Waals surface area contributed by atoms with Crippen LogP contribution in [-0.4, -0.2) is 11.2 Å². The highest BCUT2D eigenvalue weighted by molar-refractivity contribution is 5.05.